The van der Waals surface area contributed by atoms with Crippen molar-refractivity contribution >= 4 is 88.3 Å². The van der Waals surface area contributed by atoms with Crippen LogP contribution in [0, 0.1) is 0 Å². The second kappa shape index (κ2) is 9.14. The molecule has 0 fully saturated rings. The number of aromatic nitrogens is 2. The van der Waals surface area contributed by atoms with Crippen molar-refractivity contribution in [1.29, 1.82) is 0 Å². The van der Waals surface area contributed by atoms with Crippen LogP contribution in [0.15, 0.2) is 164 Å². The average molecular weight is 667 g/mol. The lowest BCUT2D eigenvalue weighted by atomic mass is 9.34. The fourth-order valence-electron chi connectivity index (χ4n) is 10.8. The Labute approximate surface area is 304 Å². The van der Waals surface area contributed by atoms with Crippen molar-refractivity contribution in [3.63, 3.8) is 0 Å². The summed E-state index contributed by atoms with van der Waals surface area (Å²) in [6.45, 7) is 0.0730. The molecule has 4 heterocycles. The highest BCUT2D eigenvalue weighted by molar-refractivity contribution is 7.00. The third-order valence-electron chi connectivity index (χ3n) is 12.8. The van der Waals surface area contributed by atoms with Crippen LogP contribution in [-0.4, -0.2) is 15.8 Å². The lowest BCUT2D eigenvalue weighted by molar-refractivity contribution is 1.14. The van der Waals surface area contributed by atoms with Crippen molar-refractivity contribution in [3.05, 3.63) is 164 Å². The fraction of sp³-hybridized carbons (Fsp3) is 0. The van der Waals surface area contributed by atoms with Gasteiger partial charge in [0, 0.05) is 32.9 Å². The minimum atomic E-state index is 0.0730. The Kier molecular flexibility index (Phi) is 4.64. The molecule has 11 aromatic rings. The van der Waals surface area contributed by atoms with Crippen molar-refractivity contribution in [2.24, 2.45) is 0 Å². The van der Waals surface area contributed by atoms with Crippen molar-refractivity contribution in [1.82, 2.24) is 9.13 Å². The topological polar surface area (TPSA) is 9.86 Å². The predicted octanol–water partition coefficient (Wildman–Crippen LogP) is 10.6. The standard InChI is InChI=1S/C50H27BN2/c1-2-11-28(12-3-1)31-26-42-48-43(27-31)53-41-24-21-29-14-10-19-35-33-16-6-7-17-34(33)36-22-23-38(49(53)46(36)47(41)44(29)35)51(48)39-25-30-13-4-5-15-32(30)45-37-18-8-9-20-40(37)52(42)50(39)45/h1-27H. The smallest absolute Gasteiger partial charge is 0.252 e. The molecule has 3 aliphatic rings. The number of fused-ring (bicyclic) bond motifs is 13. The van der Waals surface area contributed by atoms with E-state index in [2.05, 4.69) is 173 Å². The monoisotopic (exact) mass is 666 g/mol. The SMILES string of the molecule is c1ccc(-c2cc3c4c(c2)-n2c5ccccc5c5c6ccccc6cc(c52)B4c2ccc4c5c6c7c(cccc7ccc6n-3c25)-c2ccccc2-4)cc1. The van der Waals surface area contributed by atoms with E-state index < -0.39 is 0 Å². The van der Waals surface area contributed by atoms with Crippen LogP contribution in [0.3, 0.4) is 0 Å². The van der Waals surface area contributed by atoms with Crippen LogP contribution >= 0.6 is 0 Å². The molecule has 0 radical (unpaired) electrons. The van der Waals surface area contributed by atoms with Gasteiger partial charge in [0.2, 0.25) is 0 Å². The maximum absolute atomic E-state index is 2.64. The summed E-state index contributed by atoms with van der Waals surface area (Å²) in [5, 5.41) is 10.7. The normalized spacial score (nSPS) is 13.2. The summed E-state index contributed by atoms with van der Waals surface area (Å²) in [5.74, 6) is 0. The molecule has 2 aliphatic heterocycles. The molecular formula is C50H27BN2. The molecule has 0 saturated carbocycles. The number of para-hydroxylation sites is 1. The summed E-state index contributed by atoms with van der Waals surface area (Å²) in [7, 11) is 0. The van der Waals surface area contributed by atoms with Crippen LogP contribution in [-0.2, 0) is 0 Å². The van der Waals surface area contributed by atoms with Gasteiger partial charge in [-0.3, -0.25) is 0 Å². The Morgan fingerprint density at radius 1 is 0.358 bits per heavy atom. The van der Waals surface area contributed by atoms with Gasteiger partial charge in [-0.1, -0.05) is 140 Å². The number of benzene rings is 9. The van der Waals surface area contributed by atoms with E-state index in [9.17, 15) is 0 Å². The zero-order valence-electron chi connectivity index (χ0n) is 28.6. The molecule has 0 N–H and O–H groups in total. The molecule has 1 aliphatic carbocycles. The number of hydrogen-bond donors (Lipinski definition) is 0. The van der Waals surface area contributed by atoms with E-state index in [1.807, 2.05) is 0 Å². The van der Waals surface area contributed by atoms with Crippen LogP contribution in [0.5, 0.6) is 0 Å². The van der Waals surface area contributed by atoms with Gasteiger partial charge in [0.15, 0.2) is 0 Å². The molecule has 0 unspecified atom stereocenters. The first kappa shape index (κ1) is 26.9. The quantitative estimate of drug-likeness (QED) is 0.154. The van der Waals surface area contributed by atoms with Crippen LogP contribution in [0.2, 0.25) is 0 Å². The predicted molar refractivity (Wildman–Crippen MR) is 225 cm³/mol. The molecule has 0 atom stereocenters. The van der Waals surface area contributed by atoms with Crippen LogP contribution in [0.1, 0.15) is 0 Å². The molecule has 53 heavy (non-hydrogen) atoms. The number of hydrogen-bond acceptors (Lipinski definition) is 0. The van der Waals surface area contributed by atoms with Crippen molar-refractivity contribution in [2.75, 3.05) is 0 Å². The van der Waals surface area contributed by atoms with Crippen LogP contribution in [0.4, 0.5) is 0 Å². The first-order valence-electron chi connectivity index (χ1n) is 18.6. The largest absolute Gasteiger partial charge is 0.310 e. The Bertz CT molecular complexity index is 3510. The number of rotatable bonds is 1. The zero-order valence-corrected chi connectivity index (χ0v) is 28.6. The first-order chi connectivity index (χ1) is 26.3. The summed E-state index contributed by atoms with van der Waals surface area (Å²) in [6, 6.07) is 62.0. The van der Waals surface area contributed by atoms with Gasteiger partial charge in [-0.2, -0.15) is 0 Å². The van der Waals surface area contributed by atoms with E-state index >= 15 is 0 Å². The van der Waals surface area contributed by atoms with E-state index in [-0.39, 0.29) is 6.71 Å². The van der Waals surface area contributed by atoms with Crippen molar-refractivity contribution in [2.45, 2.75) is 0 Å². The average Bonchev–Trinajstić information content (AvgIpc) is 3.72. The molecule has 2 nitrogen and oxygen atoms in total. The van der Waals surface area contributed by atoms with Crippen LogP contribution in [0.25, 0.3) is 110 Å². The molecule has 3 heteroatoms. The van der Waals surface area contributed by atoms with Gasteiger partial charge >= 0.3 is 0 Å². The lowest BCUT2D eigenvalue weighted by Crippen LogP contribution is -2.59. The summed E-state index contributed by atoms with van der Waals surface area (Å²) in [5.41, 5.74) is 19.7. The van der Waals surface area contributed by atoms with Crippen LogP contribution < -0.4 is 16.4 Å². The van der Waals surface area contributed by atoms with E-state index in [0.29, 0.717) is 0 Å². The number of nitrogens with zero attached hydrogens (tertiary/aromatic N) is 2. The highest BCUT2D eigenvalue weighted by Gasteiger charge is 2.42. The lowest BCUT2D eigenvalue weighted by Gasteiger charge is -2.34. The molecular weight excluding hydrogens is 639 g/mol. The van der Waals surface area contributed by atoms with E-state index in [1.54, 1.807) is 0 Å². The fourth-order valence-corrected chi connectivity index (χ4v) is 10.8. The highest BCUT2D eigenvalue weighted by atomic mass is 15.0. The van der Waals surface area contributed by atoms with Gasteiger partial charge in [-0.25, -0.2) is 0 Å². The maximum Gasteiger partial charge on any atom is 0.252 e. The minimum absolute atomic E-state index is 0.0730. The molecule has 2 aromatic heterocycles. The Balaban J connectivity index is 1.26. The van der Waals surface area contributed by atoms with Crippen molar-refractivity contribution in [3.8, 4) is 44.8 Å². The second-order valence-electron chi connectivity index (χ2n) is 15.2. The first-order valence-corrected chi connectivity index (χ1v) is 18.6. The van der Waals surface area contributed by atoms with Gasteiger partial charge in [-0.05, 0) is 95.6 Å². The molecule has 0 spiro atoms. The third-order valence-corrected chi connectivity index (χ3v) is 12.8. The summed E-state index contributed by atoms with van der Waals surface area (Å²) < 4.78 is 5.24. The van der Waals surface area contributed by atoms with E-state index in [1.165, 1.54) is 126 Å². The maximum atomic E-state index is 2.64. The molecule has 14 rings (SSSR count). The Hall–Kier alpha value is -6.84. The van der Waals surface area contributed by atoms with Gasteiger partial charge < -0.3 is 9.13 Å². The summed E-state index contributed by atoms with van der Waals surface area (Å²) >= 11 is 0. The summed E-state index contributed by atoms with van der Waals surface area (Å²) in [4.78, 5) is 0. The van der Waals surface area contributed by atoms with Gasteiger partial charge in [0.25, 0.3) is 6.71 Å². The second-order valence-corrected chi connectivity index (χ2v) is 15.2. The van der Waals surface area contributed by atoms with E-state index in [4.69, 9.17) is 0 Å². The van der Waals surface area contributed by atoms with Gasteiger partial charge in [-0.15, -0.1) is 0 Å². The molecule has 240 valence electrons. The van der Waals surface area contributed by atoms with Crippen molar-refractivity contribution < 1.29 is 0 Å². The molecule has 0 amide bonds. The summed E-state index contributed by atoms with van der Waals surface area (Å²) in [6.07, 6.45) is 0. The van der Waals surface area contributed by atoms with Gasteiger partial charge in [0.05, 0.1) is 22.1 Å². The zero-order chi connectivity index (χ0) is 34.1. The Morgan fingerprint density at radius 2 is 1.02 bits per heavy atom. The van der Waals surface area contributed by atoms with E-state index in [0.717, 1.165) is 0 Å². The minimum Gasteiger partial charge on any atom is -0.310 e. The Morgan fingerprint density at radius 3 is 1.87 bits per heavy atom. The third kappa shape index (κ3) is 3.05. The molecule has 0 saturated heterocycles. The van der Waals surface area contributed by atoms with Gasteiger partial charge in [0.1, 0.15) is 0 Å². The highest BCUT2D eigenvalue weighted by Crippen LogP contribution is 2.50. The molecule has 9 aromatic carbocycles. The molecule has 0 bridgehead atoms.